The Morgan fingerprint density at radius 2 is 1.93 bits per heavy atom. The van der Waals surface area contributed by atoms with Gasteiger partial charge in [-0.25, -0.2) is 14.6 Å². The smallest absolute Gasteiger partial charge is 0.248 e. The van der Waals surface area contributed by atoms with Crippen LogP contribution in [-0.2, 0) is 19.5 Å². The van der Waals surface area contributed by atoms with Crippen LogP contribution in [0.5, 0.6) is 0 Å². The van der Waals surface area contributed by atoms with Gasteiger partial charge in [0.25, 0.3) is 0 Å². The molecule has 1 aromatic carbocycles. The first kappa shape index (κ1) is 23.9. The molecule has 1 amide bonds. The fraction of sp³-hybridized carbons (Fsp3) is 0.400. The Bertz CT molecular complexity index is 958. The molecule has 0 unspecified atom stereocenters. The summed E-state index contributed by atoms with van der Waals surface area (Å²) in [6.07, 6.45) is 5.08. The first-order valence-electron chi connectivity index (χ1n) is 9.78. The van der Waals surface area contributed by atoms with Gasteiger partial charge in [0, 0.05) is 49.9 Å². The highest BCUT2D eigenvalue weighted by Crippen LogP contribution is 2.23. The lowest BCUT2D eigenvalue weighted by Crippen LogP contribution is -2.17. The Hall–Kier alpha value is -2.42. The third kappa shape index (κ3) is 5.00. The summed E-state index contributed by atoms with van der Waals surface area (Å²) < 4.78 is 4.15. The number of amides is 1. The molecule has 1 aliphatic heterocycles. The number of imidazole rings is 1. The van der Waals surface area contributed by atoms with Crippen LogP contribution in [0.1, 0.15) is 35.9 Å². The van der Waals surface area contributed by atoms with Gasteiger partial charge in [-0.2, -0.15) is 5.10 Å². The number of rotatable bonds is 6. The van der Waals surface area contributed by atoms with Crippen molar-refractivity contribution in [1.29, 1.82) is 0 Å². The monoisotopic (exact) mass is 451 g/mol. The molecule has 2 aromatic heterocycles. The SMILES string of the molecule is CCCCn1nc(-c2ccc(C(N)=O)cc2)nc1-c1cn2c(n1)CCNCC2.Cl.Cl. The number of halogens is 2. The van der Waals surface area contributed by atoms with Crippen LogP contribution >= 0.6 is 24.8 Å². The topological polar surface area (TPSA) is 104 Å². The summed E-state index contributed by atoms with van der Waals surface area (Å²) >= 11 is 0. The predicted molar refractivity (Wildman–Crippen MR) is 121 cm³/mol. The molecule has 0 bridgehead atoms. The Kier molecular flexibility index (Phi) is 8.40. The summed E-state index contributed by atoms with van der Waals surface area (Å²) in [6.45, 7) is 5.75. The van der Waals surface area contributed by atoms with E-state index in [4.69, 9.17) is 20.8 Å². The number of fused-ring (bicyclic) bond motifs is 1. The second-order valence-electron chi connectivity index (χ2n) is 7.01. The molecule has 0 atom stereocenters. The molecule has 3 aromatic rings. The summed E-state index contributed by atoms with van der Waals surface area (Å²) in [6, 6.07) is 7.07. The Morgan fingerprint density at radius 1 is 1.17 bits per heavy atom. The summed E-state index contributed by atoms with van der Waals surface area (Å²) in [4.78, 5) is 20.9. The van der Waals surface area contributed by atoms with Crippen LogP contribution in [0.3, 0.4) is 0 Å². The van der Waals surface area contributed by atoms with Crippen molar-refractivity contribution in [3.05, 3.63) is 41.9 Å². The van der Waals surface area contributed by atoms with Crippen LogP contribution < -0.4 is 11.1 Å². The second kappa shape index (κ2) is 10.6. The number of nitrogens with zero attached hydrogens (tertiary/aromatic N) is 5. The minimum absolute atomic E-state index is 0. The molecular formula is C20H27Cl2N7O. The number of aromatic nitrogens is 5. The third-order valence-corrected chi connectivity index (χ3v) is 4.97. The molecule has 0 saturated heterocycles. The zero-order chi connectivity index (χ0) is 19.5. The van der Waals surface area contributed by atoms with Crippen molar-refractivity contribution in [2.45, 2.75) is 39.3 Å². The lowest BCUT2D eigenvalue weighted by molar-refractivity contribution is 0.100. The molecule has 4 rings (SSSR count). The maximum absolute atomic E-state index is 11.3. The van der Waals surface area contributed by atoms with Gasteiger partial charge in [-0.3, -0.25) is 4.79 Å². The highest BCUT2D eigenvalue weighted by atomic mass is 35.5. The zero-order valence-electron chi connectivity index (χ0n) is 16.9. The van der Waals surface area contributed by atoms with E-state index in [1.165, 1.54) is 0 Å². The molecular weight excluding hydrogens is 425 g/mol. The standard InChI is InChI=1S/C20H25N7O.2ClH/c1-2-3-11-27-20(16-13-26-12-10-22-9-8-17(26)23-16)24-19(25-27)15-6-4-14(5-7-15)18(21)28;;/h4-7,13,22H,2-3,8-12H2,1H3,(H2,21,28);2*1H. The quantitative estimate of drug-likeness (QED) is 0.599. The highest BCUT2D eigenvalue weighted by Gasteiger charge is 2.19. The van der Waals surface area contributed by atoms with Crippen LogP contribution in [0.15, 0.2) is 30.5 Å². The molecule has 10 heteroatoms. The third-order valence-electron chi connectivity index (χ3n) is 4.97. The number of hydrogen-bond donors (Lipinski definition) is 2. The van der Waals surface area contributed by atoms with Crippen molar-refractivity contribution >= 4 is 30.7 Å². The maximum atomic E-state index is 11.3. The number of carbonyl (C=O) groups excluding carboxylic acids is 1. The van der Waals surface area contributed by atoms with Gasteiger partial charge < -0.3 is 15.6 Å². The number of benzene rings is 1. The number of carbonyl (C=O) groups is 1. The fourth-order valence-electron chi connectivity index (χ4n) is 3.38. The largest absolute Gasteiger partial charge is 0.366 e. The van der Waals surface area contributed by atoms with Crippen molar-refractivity contribution in [1.82, 2.24) is 29.6 Å². The van der Waals surface area contributed by atoms with Gasteiger partial charge in [0.2, 0.25) is 5.91 Å². The van der Waals surface area contributed by atoms with E-state index in [0.29, 0.717) is 11.4 Å². The lowest BCUT2D eigenvalue weighted by atomic mass is 10.1. The molecule has 0 spiro atoms. The predicted octanol–water partition coefficient (Wildman–Crippen LogP) is 2.70. The molecule has 0 radical (unpaired) electrons. The van der Waals surface area contributed by atoms with E-state index >= 15 is 0 Å². The minimum atomic E-state index is -0.442. The number of hydrogen-bond acceptors (Lipinski definition) is 5. The van der Waals surface area contributed by atoms with E-state index in [2.05, 4.69) is 23.0 Å². The van der Waals surface area contributed by atoms with Crippen LogP contribution in [0.2, 0.25) is 0 Å². The molecule has 3 N–H and O–H groups in total. The van der Waals surface area contributed by atoms with Gasteiger partial charge >= 0.3 is 0 Å². The highest BCUT2D eigenvalue weighted by molar-refractivity contribution is 5.93. The Morgan fingerprint density at radius 3 is 2.63 bits per heavy atom. The number of unbranched alkanes of at least 4 members (excludes halogenated alkanes) is 1. The first-order valence-corrected chi connectivity index (χ1v) is 9.78. The molecule has 1 aliphatic rings. The maximum Gasteiger partial charge on any atom is 0.248 e. The Labute approximate surface area is 188 Å². The number of aryl methyl sites for hydroxylation is 1. The van der Waals surface area contributed by atoms with E-state index in [1.807, 2.05) is 16.8 Å². The number of primary amides is 1. The van der Waals surface area contributed by atoms with Crippen LogP contribution in [0, 0.1) is 0 Å². The van der Waals surface area contributed by atoms with Gasteiger partial charge in [-0.1, -0.05) is 25.5 Å². The van der Waals surface area contributed by atoms with Crippen molar-refractivity contribution < 1.29 is 4.79 Å². The molecule has 0 saturated carbocycles. The Balaban J connectivity index is 0.00000160. The van der Waals surface area contributed by atoms with E-state index in [0.717, 1.165) is 68.3 Å². The van der Waals surface area contributed by atoms with E-state index in [9.17, 15) is 4.79 Å². The van der Waals surface area contributed by atoms with E-state index < -0.39 is 5.91 Å². The summed E-state index contributed by atoms with van der Waals surface area (Å²) in [5, 5.41) is 8.11. The molecule has 162 valence electrons. The lowest BCUT2D eigenvalue weighted by Gasteiger charge is -2.02. The van der Waals surface area contributed by atoms with Crippen molar-refractivity contribution in [3.8, 4) is 22.9 Å². The summed E-state index contributed by atoms with van der Waals surface area (Å²) in [5.74, 6) is 2.06. The normalized spacial score (nSPS) is 13.0. The van der Waals surface area contributed by atoms with E-state index in [1.54, 1.807) is 12.1 Å². The van der Waals surface area contributed by atoms with Crippen LogP contribution in [-0.4, -0.2) is 43.3 Å². The summed E-state index contributed by atoms with van der Waals surface area (Å²) in [7, 11) is 0. The minimum Gasteiger partial charge on any atom is -0.366 e. The van der Waals surface area contributed by atoms with Crippen molar-refractivity contribution in [2.75, 3.05) is 13.1 Å². The van der Waals surface area contributed by atoms with Crippen molar-refractivity contribution in [3.63, 3.8) is 0 Å². The van der Waals surface area contributed by atoms with E-state index in [-0.39, 0.29) is 24.8 Å². The van der Waals surface area contributed by atoms with Gasteiger partial charge in [0.15, 0.2) is 11.6 Å². The van der Waals surface area contributed by atoms with Crippen LogP contribution in [0.4, 0.5) is 0 Å². The molecule has 8 nitrogen and oxygen atoms in total. The fourth-order valence-corrected chi connectivity index (χ4v) is 3.38. The van der Waals surface area contributed by atoms with Gasteiger partial charge in [-0.05, 0) is 18.6 Å². The number of nitrogens with one attached hydrogen (secondary N) is 1. The van der Waals surface area contributed by atoms with Gasteiger partial charge in [0.1, 0.15) is 11.5 Å². The van der Waals surface area contributed by atoms with Crippen LogP contribution in [0.25, 0.3) is 22.9 Å². The summed E-state index contributed by atoms with van der Waals surface area (Å²) in [5.41, 5.74) is 7.52. The number of nitrogens with two attached hydrogens (primary N) is 1. The first-order chi connectivity index (χ1) is 13.7. The van der Waals surface area contributed by atoms with Crippen molar-refractivity contribution in [2.24, 2.45) is 5.73 Å². The molecule has 30 heavy (non-hydrogen) atoms. The average molecular weight is 452 g/mol. The molecule has 0 aliphatic carbocycles. The zero-order valence-corrected chi connectivity index (χ0v) is 18.5. The van der Waals surface area contributed by atoms with Gasteiger partial charge in [-0.15, -0.1) is 24.8 Å². The molecule has 3 heterocycles. The average Bonchev–Trinajstić information content (AvgIpc) is 3.24. The second-order valence-corrected chi connectivity index (χ2v) is 7.01. The molecule has 0 fully saturated rings. The van der Waals surface area contributed by atoms with Gasteiger partial charge in [0.05, 0.1) is 0 Å².